The van der Waals surface area contributed by atoms with Gasteiger partial charge in [-0.3, -0.25) is 9.69 Å². The van der Waals surface area contributed by atoms with Crippen molar-refractivity contribution in [2.24, 2.45) is 5.73 Å². The van der Waals surface area contributed by atoms with E-state index in [0.29, 0.717) is 12.5 Å². The van der Waals surface area contributed by atoms with Crippen molar-refractivity contribution in [1.82, 2.24) is 9.80 Å². The van der Waals surface area contributed by atoms with Crippen molar-refractivity contribution in [3.8, 4) is 0 Å². The summed E-state index contributed by atoms with van der Waals surface area (Å²) in [5, 5.41) is 0. The number of primary amides is 1. The van der Waals surface area contributed by atoms with Crippen LogP contribution >= 0.6 is 0 Å². The third kappa shape index (κ3) is 3.52. The highest BCUT2D eigenvalue weighted by Gasteiger charge is 2.41. The largest absolute Gasteiger partial charge is 0.369 e. The van der Waals surface area contributed by atoms with Crippen LogP contribution in [0, 0.1) is 0 Å². The Kier molecular flexibility index (Phi) is 5.28. The molecule has 0 spiro atoms. The van der Waals surface area contributed by atoms with Gasteiger partial charge in [-0.1, -0.05) is 60.7 Å². The van der Waals surface area contributed by atoms with Crippen LogP contribution < -0.4 is 5.73 Å². The van der Waals surface area contributed by atoms with Crippen LogP contribution in [0.1, 0.15) is 30.4 Å². The van der Waals surface area contributed by atoms with Gasteiger partial charge < -0.3 is 10.6 Å². The van der Waals surface area contributed by atoms with Crippen molar-refractivity contribution in [3.05, 3.63) is 71.8 Å². The average Bonchev–Trinajstić information content (AvgIpc) is 3.18. The molecule has 2 saturated heterocycles. The van der Waals surface area contributed by atoms with E-state index in [-0.39, 0.29) is 5.91 Å². The van der Waals surface area contributed by atoms with Crippen LogP contribution in [0.3, 0.4) is 0 Å². The SMILES string of the molecule is NC(=O)C(CCN1CCN2CCCC2C1)(c1ccccc1)c1ccccc1. The van der Waals surface area contributed by atoms with Gasteiger partial charge in [-0.2, -0.15) is 0 Å². The van der Waals surface area contributed by atoms with E-state index in [1.165, 1.54) is 19.4 Å². The molecule has 4 rings (SSSR count). The van der Waals surface area contributed by atoms with Crippen LogP contribution in [-0.2, 0) is 10.2 Å². The lowest BCUT2D eigenvalue weighted by atomic mass is 9.71. The third-order valence-electron chi connectivity index (χ3n) is 6.43. The van der Waals surface area contributed by atoms with Gasteiger partial charge in [-0.05, 0) is 43.5 Å². The molecule has 2 aromatic rings. The molecular weight excluding hydrogens is 334 g/mol. The number of benzene rings is 2. The Balaban J connectivity index is 1.61. The fraction of sp³-hybridized carbons (Fsp3) is 0.435. The Labute approximate surface area is 162 Å². The van der Waals surface area contributed by atoms with Gasteiger partial charge in [0.15, 0.2) is 0 Å². The molecule has 2 aromatic carbocycles. The topological polar surface area (TPSA) is 49.6 Å². The van der Waals surface area contributed by atoms with E-state index in [1.807, 2.05) is 60.7 Å². The van der Waals surface area contributed by atoms with Gasteiger partial charge in [0.1, 0.15) is 0 Å². The van der Waals surface area contributed by atoms with Crippen molar-refractivity contribution in [1.29, 1.82) is 0 Å². The normalized spacial score (nSPS) is 21.1. The lowest BCUT2D eigenvalue weighted by Crippen LogP contribution is -2.52. The minimum absolute atomic E-state index is 0.264. The van der Waals surface area contributed by atoms with Gasteiger partial charge >= 0.3 is 0 Å². The molecule has 2 heterocycles. The molecule has 2 fully saturated rings. The summed E-state index contributed by atoms with van der Waals surface area (Å²) in [6.07, 6.45) is 3.33. The summed E-state index contributed by atoms with van der Waals surface area (Å²) in [4.78, 5) is 18.0. The Morgan fingerprint density at radius 2 is 1.59 bits per heavy atom. The van der Waals surface area contributed by atoms with Gasteiger partial charge in [0.05, 0.1) is 5.41 Å². The molecular formula is C23H29N3O. The van der Waals surface area contributed by atoms with E-state index >= 15 is 0 Å². The smallest absolute Gasteiger partial charge is 0.232 e. The van der Waals surface area contributed by atoms with Gasteiger partial charge in [-0.25, -0.2) is 0 Å². The van der Waals surface area contributed by atoms with Gasteiger partial charge in [0.25, 0.3) is 0 Å². The predicted octanol–water partition coefficient (Wildman–Crippen LogP) is 2.63. The summed E-state index contributed by atoms with van der Waals surface area (Å²) in [5.41, 5.74) is 7.27. The monoisotopic (exact) mass is 363 g/mol. The van der Waals surface area contributed by atoms with E-state index < -0.39 is 5.41 Å². The number of hydrogen-bond acceptors (Lipinski definition) is 3. The van der Waals surface area contributed by atoms with Crippen molar-refractivity contribution >= 4 is 5.91 Å². The maximum absolute atomic E-state index is 12.9. The molecule has 0 aromatic heterocycles. The lowest BCUT2D eigenvalue weighted by Gasteiger charge is -2.40. The number of nitrogens with zero attached hydrogens (tertiary/aromatic N) is 2. The highest BCUT2D eigenvalue weighted by atomic mass is 16.1. The van der Waals surface area contributed by atoms with E-state index in [2.05, 4.69) is 9.80 Å². The molecule has 2 aliphatic rings. The molecule has 0 saturated carbocycles. The molecule has 2 aliphatic heterocycles. The first-order valence-electron chi connectivity index (χ1n) is 10.1. The summed E-state index contributed by atoms with van der Waals surface area (Å²) in [7, 11) is 0. The number of piperazine rings is 1. The van der Waals surface area contributed by atoms with Crippen LogP contribution in [0.4, 0.5) is 0 Å². The number of amides is 1. The first-order valence-corrected chi connectivity index (χ1v) is 10.1. The molecule has 27 heavy (non-hydrogen) atoms. The summed E-state index contributed by atoms with van der Waals surface area (Å²) in [6.45, 7) is 5.47. The zero-order valence-electron chi connectivity index (χ0n) is 15.9. The van der Waals surface area contributed by atoms with Crippen LogP contribution in [0.25, 0.3) is 0 Å². The third-order valence-corrected chi connectivity index (χ3v) is 6.43. The second kappa shape index (κ2) is 7.83. The molecule has 142 valence electrons. The van der Waals surface area contributed by atoms with Crippen LogP contribution in [0.2, 0.25) is 0 Å². The minimum Gasteiger partial charge on any atom is -0.369 e. The zero-order valence-corrected chi connectivity index (χ0v) is 15.9. The predicted molar refractivity (Wildman–Crippen MR) is 109 cm³/mol. The quantitative estimate of drug-likeness (QED) is 0.858. The fourth-order valence-corrected chi connectivity index (χ4v) is 4.89. The highest BCUT2D eigenvalue weighted by molar-refractivity contribution is 5.90. The molecule has 2 N–H and O–H groups in total. The van der Waals surface area contributed by atoms with Gasteiger partial charge in [0, 0.05) is 25.7 Å². The van der Waals surface area contributed by atoms with Gasteiger partial charge in [0.2, 0.25) is 5.91 Å². The number of carbonyl (C=O) groups is 1. The van der Waals surface area contributed by atoms with Crippen molar-refractivity contribution in [2.45, 2.75) is 30.7 Å². The van der Waals surface area contributed by atoms with E-state index in [4.69, 9.17) is 5.73 Å². The van der Waals surface area contributed by atoms with Crippen LogP contribution in [0.5, 0.6) is 0 Å². The first-order chi connectivity index (χ1) is 13.2. The summed E-state index contributed by atoms with van der Waals surface area (Å²) < 4.78 is 0. The number of nitrogens with two attached hydrogens (primary N) is 1. The lowest BCUT2D eigenvalue weighted by molar-refractivity contribution is -0.122. The van der Waals surface area contributed by atoms with Crippen LogP contribution in [0.15, 0.2) is 60.7 Å². The number of hydrogen-bond donors (Lipinski definition) is 1. The Bertz CT molecular complexity index is 722. The van der Waals surface area contributed by atoms with Crippen molar-refractivity contribution in [2.75, 3.05) is 32.7 Å². The molecule has 4 heteroatoms. The maximum Gasteiger partial charge on any atom is 0.232 e. The molecule has 1 amide bonds. The van der Waals surface area contributed by atoms with Gasteiger partial charge in [-0.15, -0.1) is 0 Å². The molecule has 4 nitrogen and oxygen atoms in total. The van der Waals surface area contributed by atoms with Crippen molar-refractivity contribution < 1.29 is 4.79 Å². The molecule has 0 bridgehead atoms. The maximum atomic E-state index is 12.9. The van der Waals surface area contributed by atoms with E-state index in [9.17, 15) is 4.79 Å². The van der Waals surface area contributed by atoms with E-state index in [0.717, 1.165) is 37.3 Å². The Morgan fingerprint density at radius 3 is 2.19 bits per heavy atom. The van der Waals surface area contributed by atoms with Crippen molar-refractivity contribution in [3.63, 3.8) is 0 Å². The fourth-order valence-electron chi connectivity index (χ4n) is 4.89. The second-order valence-corrected chi connectivity index (χ2v) is 7.88. The second-order valence-electron chi connectivity index (χ2n) is 7.88. The molecule has 1 unspecified atom stereocenters. The number of fused-ring (bicyclic) bond motifs is 1. The minimum atomic E-state index is -0.782. The summed E-state index contributed by atoms with van der Waals surface area (Å²) >= 11 is 0. The Morgan fingerprint density at radius 1 is 0.963 bits per heavy atom. The zero-order chi connectivity index (χ0) is 18.7. The first kappa shape index (κ1) is 18.2. The van der Waals surface area contributed by atoms with E-state index in [1.54, 1.807) is 0 Å². The Hall–Kier alpha value is -2.17. The number of rotatable bonds is 6. The summed E-state index contributed by atoms with van der Waals surface area (Å²) in [6, 6.07) is 20.8. The molecule has 1 atom stereocenters. The molecule has 0 aliphatic carbocycles. The van der Waals surface area contributed by atoms with Crippen LogP contribution in [-0.4, -0.2) is 54.5 Å². The molecule has 0 radical (unpaired) electrons. The number of carbonyl (C=O) groups excluding carboxylic acids is 1. The average molecular weight is 364 g/mol. The summed E-state index contributed by atoms with van der Waals surface area (Å²) in [5.74, 6) is -0.264. The standard InChI is InChI=1S/C23H29N3O/c24-22(27)23(19-8-3-1-4-9-19,20-10-5-2-6-11-20)13-15-25-16-17-26-14-7-12-21(26)18-25/h1-6,8-11,21H,7,12-18H2,(H2,24,27). The highest BCUT2D eigenvalue weighted by Crippen LogP contribution is 2.36.